The Bertz CT molecular complexity index is 2870. The molecule has 4 heterocycles. The van der Waals surface area contributed by atoms with Crippen molar-refractivity contribution >= 4 is 73.6 Å². The van der Waals surface area contributed by atoms with Gasteiger partial charge in [-0.25, -0.2) is 23.4 Å². The van der Waals surface area contributed by atoms with E-state index in [0.29, 0.717) is 49.6 Å². The SMILES string of the molecule is CCCC(=O)N(CC(C)(C)CC(=O)N1C[C@H](O)C[C@H]1C(=O)NCc1ccc(-c2scnc2C)cc1)N1CCC(c2cc(OC(C)C)c(Nc3ncc(Cl)c(Nc4ccccc4S(=O)(=O)C(C)C)n3)cc2C)CC1. The largest absolute Gasteiger partial charge is 0.489 e. The summed E-state index contributed by atoms with van der Waals surface area (Å²) in [6.45, 7) is 19.1. The van der Waals surface area contributed by atoms with Gasteiger partial charge in [-0.3, -0.25) is 19.4 Å². The first kappa shape index (κ1) is 55.1. The van der Waals surface area contributed by atoms with Crippen molar-refractivity contribution in [3.8, 4) is 16.2 Å². The Morgan fingerprint density at radius 2 is 1.70 bits per heavy atom. The second-order valence-electron chi connectivity index (χ2n) is 20.5. The molecule has 19 heteroatoms. The van der Waals surface area contributed by atoms with Crippen molar-refractivity contribution in [1.29, 1.82) is 0 Å². The van der Waals surface area contributed by atoms with Gasteiger partial charge in [0, 0.05) is 52.0 Å². The van der Waals surface area contributed by atoms with E-state index in [1.54, 1.807) is 49.4 Å². The second kappa shape index (κ2) is 23.7. The summed E-state index contributed by atoms with van der Waals surface area (Å²) in [6, 6.07) is 17.9. The van der Waals surface area contributed by atoms with Crippen LogP contribution in [-0.4, -0.2) is 111 Å². The van der Waals surface area contributed by atoms with Gasteiger partial charge in [0.05, 0.1) is 56.0 Å². The summed E-state index contributed by atoms with van der Waals surface area (Å²) in [4.78, 5) is 57.8. The predicted molar refractivity (Wildman–Crippen MR) is 288 cm³/mol. The average molecular weight is 1060 g/mol. The zero-order valence-corrected chi connectivity index (χ0v) is 45.8. The van der Waals surface area contributed by atoms with Gasteiger partial charge in [0.2, 0.25) is 23.7 Å². The minimum absolute atomic E-state index is 0.00245. The molecule has 2 aromatic heterocycles. The maximum absolute atomic E-state index is 14.1. The molecule has 2 atom stereocenters. The Labute approximate surface area is 439 Å². The first-order valence-electron chi connectivity index (χ1n) is 25.1. The van der Waals surface area contributed by atoms with Crippen LogP contribution in [0.4, 0.5) is 23.1 Å². The number of anilines is 4. The van der Waals surface area contributed by atoms with Gasteiger partial charge in [0.25, 0.3) is 0 Å². The number of rotatable bonds is 20. The number of aliphatic hydroxyl groups is 1. The summed E-state index contributed by atoms with van der Waals surface area (Å²) in [6.07, 6.45) is 3.30. The fraction of sp³-hybridized carbons (Fsp3) is 0.481. The number of carbonyl (C=O) groups is 3. The minimum Gasteiger partial charge on any atom is -0.489 e. The summed E-state index contributed by atoms with van der Waals surface area (Å²) in [7, 11) is -3.61. The highest BCUT2D eigenvalue weighted by atomic mass is 35.5. The number of piperidine rings is 1. The Balaban J connectivity index is 0.996. The molecule has 4 N–H and O–H groups in total. The quantitative estimate of drug-likeness (QED) is 0.0575. The molecule has 3 amide bonds. The van der Waals surface area contributed by atoms with Crippen molar-refractivity contribution in [3.63, 3.8) is 0 Å². The molecular weight excluding hydrogens is 986 g/mol. The molecule has 2 aliphatic rings. The van der Waals surface area contributed by atoms with Crippen LogP contribution in [0.15, 0.2) is 77.3 Å². The van der Waals surface area contributed by atoms with Crippen molar-refractivity contribution in [2.24, 2.45) is 5.41 Å². The highest BCUT2D eigenvalue weighted by Crippen LogP contribution is 2.40. The number of aryl methyl sites for hydroxylation is 2. The van der Waals surface area contributed by atoms with Crippen molar-refractivity contribution in [3.05, 3.63) is 99.8 Å². The smallest absolute Gasteiger partial charge is 0.243 e. The summed E-state index contributed by atoms with van der Waals surface area (Å²) >= 11 is 8.14. The number of sulfone groups is 1. The number of β-amino-alcohol motifs (C(OH)–C–C–N with tert-alkyl or cyclic N) is 1. The lowest BCUT2D eigenvalue weighted by Gasteiger charge is -2.43. The number of likely N-dealkylation sites (tertiary alicyclic amines) is 1. The molecular formula is C54H70ClN9O7S2. The van der Waals surface area contributed by atoms with Gasteiger partial charge in [-0.05, 0) is 119 Å². The van der Waals surface area contributed by atoms with E-state index in [4.69, 9.17) is 16.3 Å². The first-order valence-corrected chi connectivity index (χ1v) is 27.9. The van der Waals surface area contributed by atoms with Crippen LogP contribution in [0.3, 0.4) is 0 Å². The summed E-state index contributed by atoms with van der Waals surface area (Å²) in [5.74, 6) is 0.693. The van der Waals surface area contributed by atoms with Crippen molar-refractivity contribution in [2.75, 3.05) is 36.8 Å². The van der Waals surface area contributed by atoms with Crippen LogP contribution >= 0.6 is 22.9 Å². The zero-order chi connectivity index (χ0) is 52.8. The molecule has 392 valence electrons. The molecule has 0 spiro atoms. The van der Waals surface area contributed by atoms with Gasteiger partial charge in [-0.1, -0.05) is 68.8 Å². The standard InChI is InChI=1S/C54H70ClN9O7S2/c1-10-13-48(66)64(31-54(8,9)27-49(67)63-30-40(65)25-45(63)52(68)56-28-37-16-18-39(19-17-37)50-36(7)58-32-72-50)62-22-20-38(21-23-62)41-26-46(71-33(2)3)44(24-35(41)6)60-53-57-29-42(55)51(61-53)59-43-14-11-12-15-47(43)73(69,70)34(4)5/h11-12,14-19,24,26,29,32-34,38,40,45,65H,10,13,20-23,25,27-28,30-31H2,1-9H3,(H,56,68)(H2,57,59,60,61)/t40-,45+/m1/s1. The maximum Gasteiger partial charge on any atom is 0.243 e. The van der Waals surface area contributed by atoms with Crippen LogP contribution in [0.5, 0.6) is 5.75 Å². The molecule has 0 radical (unpaired) electrons. The number of halogens is 1. The third-order valence-electron chi connectivity index (χ3n) is 13.3. The van der Waals surface area contributed by atoms with Crippen LogP contribution in [0, 0.1) is 19.3 Å². The molecule has 7 rings (SSSR count). The molecule has 73 heavy (non-hydrogen) atoms. The lowest BCUT2D eigenvalue weighted by Crippen LogP contribution is -2.53. The number of aliphatic hydroxyl groups excluding tert-OH is 1. The minimum atomic E-state index is -3.61. The number of hydrazine groups is 1. The fourth-order valence-corrected chi connectivity index (χ4v) is 11.7. The van der Waals surface area contributed by atoms with Crippen molar-refractivity contribution < 1.29 is 32.6 Å². The molecule has 5 aromatic rings. The number of carbonyl (C=O) groups excluding carboxylic acids is 3. The van der Waals surface area contributed by atoms with Gasteiger partial charge in [-0.2, -0.15) is 4.98 Å². The molecule has 2 aliphatic heterocycles. The number of hydrogen-bond donors (Lipinski definition) is 4. The lowest BCUT2D eigenvalue weighted by atomic mass is 9.86. The Morgan fingerprint density at radius 1 is 0.986 bits per heavy atom. The lowest BCUT2D eigenvalue weighted by molar-refractivity contribution is -0.157. The Kier molecular flexibility index (Phi) is 17.9. The van der Waals surface area contributed by atoms with Gasteiger partial charge in [0.15, 0.2) is 15.7 Å². The molecule has 0 saturated carbocycles. The topological polar surface area (TPSA) is 199 Å². The number of thiazole rings is 1. The van der Waals surface area contributed by atoms with Crippen LogP contribution < -0.4 is 20.7 Å². The molecule has 2 saturated heterocycles. The molecule has 2 fully saturated rings. The molecule has 0 unspecified atom stereocenters. The van der Waals surface area contributed by atoms with E-state index in [1.807, 2.05) is 82.4 Å². The molecule has 16 nitrogen and oxygen atoms in total. The number of benzene rings is 3. The van der Waals surface area contributed by atoms with Crippen molar-refractivity contribution in [1.82, 2.24) is 35.2 Å². The molecule has 3 aromatic carbocycles. The Hall–Kier alpha value is -5.66. The van der Waals surface area contributed by atoms with Crippen LogP contribution in [0.1, 0.15) is 115 Å². The van der Waals surface area contributed by atoms with E-state index in [0.717, 1.165) is 45.7 Å². The summed E-state index contributed by atoms with van der Waals surface area (Å²) in [5, 5.41) is 23.7. The van der Waals surface area contributed by atoms with E-state index in [1.165, 1.54) is 11.1 Å². The summed E-state index contributed by atoms with van der Waals surface area (Å²) in [5.41, 5.74) is 7.28. The first-order chi connectivity index (χ1) is 34.6. The maximum atomic E-state index is 14.1. The average Bonchev–Trinajstić information content (AvgIpc) is 3.97. The predicted octanol–water partition coefficient (Wildman–Crippen LogP) is 9.74. The molecule has 0 aliphatic carbocycles. The number of aromatic nitrogens is 3. The summed E-state index contributed by atoms with van der Waals surface area (Å²) < 4.78 is 32.7. The third kappa shape index (κ3) is 13.6. The van der Waals surface area contributed by atoms with Gasteiger partial charge in [0.1, 0.15) is 16.8 Å². The molecule has 0 bridgehead atoms. The Morgan fingerprint density at radius 3 is 2.36 bits per heavy atom. The number of nitrogens with zero attached hydrogens (tertiary/aromatic N) is 6. The zero-order valence-electron chi connectivity index (χ0n) is 43.4. The van der Waals surface area contributed by atoms with E-state index in [-0.39, 0.29) is 77.4 Å². The number of hydrogen-bond acceptors (Lipinski definition) is 14. The van der Waals surface area contributed by atoms with E-state index in [9.17, 15) is 27.9 Å². The van der Waals surface area contributed by atoms with Crippen LogP contribution in [-0.2, 0) is 30.8 Å². The monoisotopic (exact) mass is 1060 g/mol. The highest BCUT2D eigenvalue weighted by molar-refractivity contribution is 7.92. The van der Waals surface area contributed by atoms with Gasteiger partial charge < -0.3 is 30.7 Å². The number of nitrogens with one attached hydrogen (secondary N) is 3. The van der Waals surface area contributed by atoms with Crippen LogP contribution in [0.2, 0.25) is 5.02 Å². The normalized spacial score (nSPS) is 16.8. The number of amides is 3. The van der Waals surface area contributed by atoms with E-state index >= 15 is 0 Å². The number of ether oxygens (including phenoxy) is 1. The van der Waals surface area contributed by atoms with E-state index < -0.39 is 32.6 Å². The highest BCUT2D eigenvalue weighted by Gasteiger charge is 2.41. The van der Waals surface area contributed by atoms with Gasteiger partial charge >= 0.3 is 0 Å². The van der Waals surface area contributed by atoms with Crippen molar-refractivity contribution in [2.45, 2.75) is 142 Å². The van der Waals surface area contributed by atoms with Crippen LogP contribution in [0.25, 0.3) is 10.4 Å². The third-order valence-corrected chi connectivity index (χ3v) is 16.8. The van der Waals surface area contributed by atoms with Gasteiger partial charge in [-0.15, -0.1) is 11.3 Å². The number of para-hydroxylation sites is 1. The second-order valence-corrected chi connectivity index (χ2v) is 24.2. The fourth-order valence-electron chi connectivity index (χ4n) is 9.50. The van der Waals surface area contributed by atoms with E-state index in [2.05, 4.69) is 48.9 Å².